The van der Waals surface area contributed by atoms with Crippen molar-refractivity contribution in [3.8, 4) is 22.9 Å². The van der Waals surface area contributed by atoms with Crippen LogP contribution in [0.2, 0.25) is 0 Å². The second-order valence-corrected chi connectivity index (χ2v) is 7.15. The third-order valence-electron chi connectivity index (χ3n) is 4.64. The molecule has 5 nitrogen and oxygen atoms in total. The van der Waals surface area contributed by atoms with E-state index in [0.29, 0.717) is 6.17 Å². The molecule has 25 heavy (non-hydrogen) atoms. The molecule has 0 aliphatic carbocycles. The van der Waals surface area contributed by atoms with Crippen LogP contribution < -0.4 is 14.4 Å². The zero-order valence-electron chi connectivity index (χ0n) is 13.6. The number of benzene rings is 2. The van der Waals surface area contributed by atoms with Gasteiger partial charge in [-0.2, -0.15) is 0 Å². The van der Waals surface area contributed by atoms with E-state index in [9.17, 15) is 0 Å². The number of ether oxygens (including phenoxy) is 1. The molecule has 1 aromatic heterocycles. The van der Waals surface area contributed by atoms with Crippen molar-refractivity contribution in [1.82, 2.24) is 14.7 Å². The molecular weight excluding hydrogens is 332 g/mol. The number of aromatic nitrogens is 2. The molecule has 126 valence electrons. The van der Waals surface area contributed by atoms with Gasteiger partial charge >= 0.3 is 0 Å². The van der Waals surface area contributed by atoms with Gasteiger partial charge in [-0.1, -0.05) is 12.1 Å². The van der Waals surface area contributed by atoms with Gasteiger partial charge < -0.3 is 14.6 Å². The van der Waals surface area contributed by atoms with E-state index >= 15 is 0 Å². The summed E-state index contributed by atoms with van der Waals surface area (Å²) in [4.78, 5) is 11.1. The minimum atomic E-state index is 0.467. The van der Waals surface area contributed by atoms with Crippen LogP contribution in [-0.2, 0) is 0 Å². The molecule has 2 aromatic carbocycles. The van der Waals surface area contributed by atoms with Gasteiger partial charge in [-0.25, -0.2) is 9.71 Å². The Hall–Kier alpha value is -2.44. The molecule has 1 unspecified atom stereocenters. The normalized spacial score (nSPS) is 18.7. The molecule has 3 heterocycles. The van der Waals surface area contributed by atoms with Crippen LogP contribution in [0.1, 0.15) is 12.8 Å². The third-order valence-corrected chi connectivity index (χ3v) is 5.58. The molecule has 0 bridgehead atoms. The Morgan fingerprint density at radius 2 is 2.12 bits per heavy atom. The first-order valence-electron chi connectivity index (χ1n) is 8.47. The average Bonchev–Trinajstić information content (AvgIpc) is 3.33. The molecule has 2 aliphatic heterocycles. The van der Waals surface area contributed by atoms with Gasteiger partial charge in [-0.05, 0) is 55.1 Å². The summed E-state index contributed by atoms with van der Waals surface area (Å²) in [5.74, 6) is 2.50. The molecule has 2 N–H and O–H groups in total. The largest absolute Gasteiger partial charge is 0.457 e. The molecule has 3 aromatic rings. The number of rotatable bonds is 3. The van der Waals surface area contributed by atoms with Crippen LogP contribution in [0.5, 0.6) is 11.5 Å². The minimum absolute atomic E-state index is 0.467. The number of aromatic amines is 1. The van der Waals surface area contributed by atoms with Crippen molar-refractivity contribution >= 4 is 17.6 Å². The van der Waals surface area contributed by atoms with Gasteiger partial charge in [0.15, 0.2) is 0 Å². The number of hydrogen-bond donors (Lipinski definition) is 2. The standard InChI is InChI=1S/C19H18N4OS/c1-3-13(19-20-8-9-21-19)11-14(4-1)24-15-6-7-16-17(12-15)25-22-18-5-2-10-23(16)18/h1,3-4,6-9,11-12,18,22H,2,5,10H2,(H,20,21). The monoisotopic (exact) mass is 350 g/mol. The number of nitrogens with zero attached hydrogens (tertiary/aromatic N) is 2. The Balaban J connectivity index is 1.41. The second-order valence-electron chi connectivity index (χ2n) is 6.27. The van der Waals surface area contributed by atoms with Crippen LogP contribution in [0.4, 0.5) is 5.69 Å². The zero-order valence-corrected chi connectivity index (χ0v) is 14.4. The van der Waals surface area contributed by atoms with E-state index in [1.165, 1.54) is 23.4 Å². The molecule has 0 amide bonds. The molecule has 0 radical (unpaired) electrons. The van der Waals surface area contributed by atoms with Crippen LogP contribution in [0, 0.1) is 0 Å². The first-order valence-corrected chi connectivity index (χ1v) is 9.29. The maximum atomic E-state index is 6.09. The Kier molecular flexibility index (Phi) is 3.64. The van der Waals surface area contributed by atoms with Crippen molar-refractivity contribution in [2.45, 2.75) is 23.9 Å². The van der Waals surface area contributed by atoms with Crippen molar-refractivity contribution in [3.63, 3.8) is 0 Å². The molecule has 1 atom stereocenters. The quantitative estimate of drug-likeness (QED) is 0.686. The highest BCUT2D eigenvalue weighted by molar-refractivity contribution is 7.97. The highest BCUT2D eigenvalue weighted by atomic mass is 32.2. The lowest BCUT2D eigenvalue weighted by Crippen LogP contribution is -2.41. The number of hydrogen-bond acceptors (Lipinski definition) is 5. The van der Waals surface area contributed by atoms with Crippen molar-refractivity contribution in [3.05, 3.63) is 54.9 Å². The predicted octanol–water partition coefficient (Wildman–Crippen LogP) is 4.41. The Morgan fingerprint density at radius 1 is 1.16 bits per heavy atom. The fourth-order valence-corrected chi connectivity index (χ4v) is 4.43. The lowest BCUT2D eigenvalue weighted by molar-refractivity contribution is 0.481. The van der Waals surface area contributed by atoms with E-state index in [1.807, 2.05) is 30.5 Å². The molecule has 5 rings (SSSR count). The van der Waals surface area contributed by atoms with Crippen molar-refractivity contribution < 1.29 is 4.74 Å². The topological polar surface area (TPSA) is 53.2 Å². The molecule has 2 aliphatic rings. The summed E-state index contributed by atoms with van der Waals surface area (Å²) in [7, 11) is 0. The summed E-state index contributed by atoms with van der Waals surface area (Å²) >= 11 is 1.70. The fourth-order valence-electron chi connectivity index (χ4n) is 3.45. The van der Waals surface area contributed by atoms with Crippen LogP contribution in [0.25, 0.3) is 11.4 Å². The maximum absolute atomic E-state index is 6.09. The summed E-state index contributed by atoms with van der Waals surface area (Å²) < 4.78 is 9.62. The SMILES string of the molecule is c1cc(Oc2ccc3c(c2)SNC2CCCN32)cc(-c2ncc[nH]2)c1. The summed E-state index contributed by atoms with van der Waals surface area (Å²) in [6, 6.07) is 14.3. The van der Waals surface area contributed by atoms with Gasteiger partial charge in [0.25, 0.3) is 0 Å². The highest BCUT2D eigenvalue weighted by Crippen LogP contribution is 2.41. The van der Waals surface area contributed by atoms with Crippen LogP contribution in [0.3, 0.4) is 0 Å². The zero-order chi connectivity index (χ0) is 16.6. The van der Waals surface area contributed by atoms with Gasteiger partial charge in [-0.3, -0.25) is 0 Å². The number of imidazole rings is 1. The lowest BCUT2D eigenvalue weighted by atomic mass is 10.2. The van der Waals surface area contributed by atoms with Crippen LogP contribution in [-0.4, -0.2) is 22.7 Å². The Bertz CT molecular complexity index is 896. The van der Waals surface area contributed by atoms with E-state index in [2.05, 4.69) is 37.8 Å². The summed E-state index contributed by atoms with van der Waals surface area (Å²) in [6.45, 7) is 1.12. The second kappa shape index (κ2) is 6.13. The fraction of sp³-hybridized carbons (Fsp3) is 0.211. The average molecular weight is 350 g/mol. The first kappa shape index (κ1) is 14.9. The van der Waals surface area contributed by atoms with Crippen LogP contribution >= 0.6 is 11.9 Å². The number of fused-ring (bicyclic) bond motifs is 3. The van der Waals surface area contributed by atoms with Crippen molar-refractivity contribution in [2.24, 2.45) is 0 Å². The van der Waals surface area contributed by atoms with Crippen molar-refractivity contribution in [2.75, 3.05) is 11.4 Å². The smallest absolute Gasteiger partial charge is 0.137 e. The van der Waals surface area contributed by atoms with Crippen LogP contribution in [0.15, 0.2) is 59.8 Å². The number of H-pyrrole nitrogens is 1. The van der Waals surface area contributed by atoms with Gasteiger partial charge in [0.2, 0.25) is 0 Å². The molecule has 1 fully saturated rings. The summed E-state index contributed by atoms with van der Waals surface area (Å²) in [5, 5.41) is 0. The number of nitrogens with one attached hydrogen (secondary N) is 2. The number of anilines is 1. The highest BCUT2D eigenvalue weighted by Gasteiger charge is 2.30. The molecular formula is C19H18N4OS. The minimum Gasteiger partial charge on any atom is -0.457 e. The van der Waals surface area contributed by atoms with Gasteiger partial charge in [0.1, 0.15) is 17.3 Å². The Labute approximate surface area is 150 Å². The summed E-state index contributed by atoms with van der Waals surface area (Å²) in [5.41, 5.74) is 2.32. The van der Waals surface area contributed by atoms with E-state index in [-0.39, 0.29) is 0 Å². The lowest BCUT2D eigenvalue weighted by Gasteiger charge is -2.33. The van der Waals surface area contributed by atoms with Gasteiger partial charge in [0.05, 0.1) is 11.9 Å². The van der Waals surface area contributed by atoms with E-state index in [4.69, 9.17) is 4.74 Å². The van der Waals surface area contributed by atoms with Gasteiger partial charge in [0, 0.05) is 29.4 Å². The predicted molar refractivity (Wildman–Crippen MR) is 99.9 cm³/mol. The molecule has 0 spiro atoms. The Morgan fingerprint density at radius 3 is 3.04 bits per heavy atom. The molecule has 6 heteroatoms. The third kappa shape index (κ3) is 2.77. The first-order chi connectivity index (χ1) is 12.4. The van der Waals surface area contributed by atoms with Gasteiger partial charge in [-0.15, -0.1) is 0 Å². The van der Waals surface area contributed by atoms with E-state index in [1.54, 1.807) is 18.1 Å². The summed E-state index contributed by atoms with van der Waals surface area (Å²) in [6.07, 6.45) is 6.50. The van der Waals surface area contributed by atoms with E-state index in [0.717, 1.165) is 29.4 Å². The maximum Gasteiger partial charge on any atom is 0.137 e. The molecule has 1 saturated heterocycles. The van der Waals surface area contributed by atoms with Crippen molar-refractivity contribution in [1.29, 1.82) is 0 Å². The molecule has 0 saturated carbocycles. The van der Waals surface area contributed by atoms with E-state index < -0.39 is 0 Å².